The highest BCUT2D eigenvalue weighted by Crippen LogP contribution is 2.18. The Labute approximate surface area is 90.0 Å². The van der Waals surface area contributed by atoms with Crippen LogP contribution < -0.4 is 5.32 Å². The maximum absolute atomic E-state index is 11.1. The highest BCUT2D eigenvalue weighted by atomic mass is 79.9. The molecule has 1 aromatic heterocycles. The van der Waals surface area contributed by atoms with Gasteiger partial charge in [0.25, 0.3) is 0 Å². The van der Waals surface area contributed by atoms with Gasteiger partial charge in [0.05, 0.1) is 11.6 Å². The number of anilines is 1. The van der Waals surface area contributed by atoms with Gasteiger partial charge in [0.1, 0.15) is 5.82 Å². The first-order chi connectivity index (χ1) is 6.69. The van der Waals surface area contributed by atoms with Crippen molar-refractivity contribution >= 4 is 27.7 Å². The minimum Gasteiger partial charge on any atom is -0.463 e. The molecular weight excluding hydrogens is 250 g/mol. The number of nitrogens with zero attached hydrogens (tertiary/aromatic N) is 2. The molecule has 0 saturated carbocycles. The van der Waals surface area contributed by atoms with E-state index in [1.54, 1.807) is 0 Å². The molecule has 1 N–H and O–H groups in total. The second-order valence-electron chi connectivity index (χ2n) is 2.41. The quantitative estimate of drug-likeness (QED) is 0.833. The van der Waals surface area contributed by atoms with Gasteiger partial charge in [-0.15, -0.1) is 0 Å². The van der Waals surface area contributed by atoms with Crippen molar-refractivity contribution < 1.29 is 9.53 Å². The Balaban J connectivity index is 2.99. The number of halogens is 1. The van der Waals surface area contributed by atoms with Crippen molar-refractivity contribution in [3.05, 3.63) is 16.5 Å². The summed E-state index contributed by atoms with van der Waals surface area (Å²) in [5.41, 5.74) is 0. The molecule has 14 heavy (non-hydrogen) atoms. The fraction of sp³-hybridized carbons (Fsp3) is 0.375. The lowest BCUT2D eigenvalue weighted by molar-refractivity contribution is 0.0587. The average molecular weight is 260 g/mol. The maximum Gasteiger partial charge on any atom is 0.376 e. The van der Waals surface area contributed by atoms with E-state index in [2.05, 4.69) is 36.0 Å². The van der Waals surface area contributed by atoms with E-state index >= 15 is 0 Å². The first-order valence-electron chi connectivity index (χ1n) is 4.03. The van der Waals surface area contributed by atoms with Gasteiger partial charge in [-0.1, -0.05) is 0 Å². The van der Waals surface area contributed by atoms with Crippen LogP contribution in [0, 0.1) is 0 Å². The number of methoxy groups -OCH3 is 1. The number of hydrogen-bond acceptors (Lipinski definition) is 5. The number of ether oxygens (including phenoxy) is 1. The second-order valence-corrected chi connectivity index (χ2v) is 3.27. The molecule has 0 atom stereocenters. The van der Waals surface area contributed by atoms with Gasteiger partial charge in [-0.2, -0.15) is 0 Å². The van der Waals surface area contributed by atoms with Crippen molar-refractivity contribution in [1.82, 2.24) is 9.97 Å². The van der Waals surface area contributed by atoms with E-state index in [4.69, 9.17) is 0 Å². The molecule has 5 nitrogen and oxygen atoms in total. The molecule has 1 aromatic rings. The molecule has 76 valence electrons. The summed E-state index contributed by atoms with van der Waals surface area (Å²) in [5, 5.41) is 2.99. The molecule has 0 amide bonds. The molecule has 0 radical (unpaired) electrons. The van der Waals surface area contributed by atoms with Crippen LogP contribution in [-0.4, -0.2) is 29.6 Å². The maximum atomic E-state index is 11.1. The van der Waals surface area contributed by atoms with E-state index in [1.165, 1.54) is 13.3 Å². The van der Waals surface area contributed by atoms with Gasteiger partial charge in [-0.05, 0) is 22.9 Å². The molecule has 0 aromatic carbocycles. The zero-order valence-corrected chi connectivity index (χ0v) is 9.46. The third-order valence-electron chi connectivity index (χ3n) is 1.46. The van der Waals surface area contributed by atoms with Crippen molar-refractivity contribution in [2.45, 2.75) is 6.92 Å². The monoisotopic (exact) mass is 259 g/mol. The van der Waals surface area contributed by atoms with Gasteiger partial charge < -0.3 is 10.1 Å². The van der Waals surface area contributed by atoms with Gasteiger partial charge in [-0.25, -0.2) is 14.8 Å². The lowest BCUT2D eigenvalue weighted by Crippen LogP contribution is -2.10. The van der Waals surface area contributed by atoms with E-state index in [9.17, 15) is 4.79 Å². The van der Waals surface area contributed by atoms with E-state index in [0.717, 1.165) is 6.54 Å². The van der Waals surface area contributed by atoms with Crippen LogP contribution >= 0.6 is 15.9 Å². The second kappa shape index (κ2) is 4.90. The minimum absolute atomic E-state index is 0.0478. The summed E-state index contributed by atoms with van der Waals surface area (Å²) in [6.45, 7) is 2.66. The summed E-state index contributed by atoms with van der Waals surface area (Å²) in [6.07, 6.45) is 1.51. The molecule has 0 bridgehead atoms. The Kier molecular flexibility index (Phi) is 3.82. The summed E-state index contributed by atoms with van der Waals surface area (Å²) in [7, 11) is 1.29. The van der Waals surface area contributed by atoms with Gasteiger partial charge in [0.2, 0.25) is 5.82 Å². The Bertz CT molecular complexity index is 343. The summed E-state index contributed by atoms with van der Waals surface area (Å²) in [6, 6.07) is 0. The molecule has 0 aliphatic rings. The van der Waals surface area contributed by atoms with Crippen molar-refractivity contribution in [1.29, 1.82) is 0 Å². The molecule has 6 heteroatoms. The number of nitrogens with one attached hydrogen (secondary N) is 1. The van der Waals surface area contributed by atoms with Crippen LogP contribution in [0.2, 0.25) is 0 Å². The number of aromatic nitrogens is 2. The van der Waals surface area contributed by atoms with E-state index in [0.29, 0.717) is 10.3 Å². The van der Waals surface area contributed by atoms with Crippen molar-refractivity contribution in [3.8, 4) is 0 Å². The highest BCUT2D eigenvalue weighted by molar-refractivity contribution is 9.10. The SMILES string of the molecule is CCNc1nc(C(=O)OC)ncc1Br. The largest absolute Gasteiger partial charge is 0.463 e. The van der Waals surface area contributed by atoms with E-state index < -0.39 is 5.97 Å². The first-order valence-corrected chi connectivity index (χ1v) is 4.83. The van der Waals surface area contributed by atoms with Gasteiger partial charge in [0.15, 0.2) is 0 Å². The van der Waals surface area contributed by atoms with Crippen LogP contribution in [0.5, 0.6) is 0 Å². The fourth-order valence-electron chi connectivity index (χ4n) is 0.848. The predicted molar refractivity (Wildman–Crippen MR) is 55.2 cm³/mol. The number of hydrogen-bond donors (Lipinski definition) is 1. The Morgan fingerprint density at radius 1 is 1.71 bits per heavy atom. The molecule has 0 aliphatic carbocycles. The van der Waals surface area contributed by atoms with Crippen molar-refractivity contribution in [2.75, 3.05) is 19.0 Å². The molecule has 1 rings (SSSR count). The Morgan fingerprint density at radius 2 is 2.43 bits per heavy atom. The Hall–Kier alpha value is -1.17. The number of carbonyl (C=O) groups is 1. The third kappa shape index (κ3) is 2.41. The molecule has 0 saturated heterocycles. The predicted octanol–water partition coefficient (Wildman–Crippen LogP) is 1.46. The van der Waals surface area contributed by atoms with Gasteiger partial charge >= 0.3 is 5.97 Å². The first kappa shape index (κ1) is 10.9. The van der Waals surface area contributed by atoms with Crippen molar-refractivity contribution in [3.63, 3.8) is 0 Å². The molecule has 0 fully saturated rings. The van der Waals surface area contributed by atoms with E-state index in [-0.39, 0.29) is 5.82 Å². The summed E-state index contributed by atoms with van der Waals surface area (Å²) < 4.78 is 5.22. The third-order valence-corrected chi connectivity index (χ3v) is 2.04. The summed E-state index contributed by atoms with van der Waals surface area (Å²) in [5.74, 6) is 0.0891. The number of carbonyl (C=O) groups excluding carboxylic acids is 1. The smallest absolute Gasteiger partial charge is 0.376 e. The van der Waals surface area contributed by atoms with Crippen LogP contribution in [-0.2, 0) is 4.74 Å². The van der Waals surface area contributed by atoms with Gasteiger partial charge in [0, 0.05) is 12.7 Å². The summed E-state index contributed by atoms with van der Waals surface area (Å²) >= 11 is 3.26. The Morgan fingerprint density at radius 3 is 3.00 bits per heavy atom. The van der Waals surface area contributed by atoms with Crippen LogP contribution in [0.25, 0.3) is 0 Å². The van der Waals surface area contributed by atoms with Crippen molar-refractivity contribution in [2.24, 2.45) is 0 Å². The number of rotatable bonds is 3. The van der Waals surface area contributed by atoms with Gasteiger partial charge in [-0.3, -0.25) is 0 Å². The fourth-order valence-corrected chi connectivity index (χ4v) is 1.18. The minimum atomic E-state index is -0.545. The normalized spacial score (nSPS) is 9.64. The lowest BCUT2D eigenvalue weighted by atomic mass is 10.5. The van der Waals surface area contributed by atoms with Crippen LogP contribution in [0.3, 0.4) is 0 Å². The standard InChI is InChI=1S/C8H10BrN3O2/c1-3-10-6-5(9)4-11-7(12-6)8(13)14-2/h4H,3H2,1-2H3,(H,10,11,12). The molecule has 1 heterocycles. The van der Waals surface area contributed by atoms with Crippen LogP contribution in [0.4, 0.5) is 5.82 Å². The summed E-state index contributed by atoms with van der Waals surface area (Å²) in [4.78, 5) is 18.9. The lowest BCUT2D eigenvalue weighted by Gasteiger charge is -2.05. The topological polar surface area (TPSA) is 64.1 Å². The zero-order valence-electron chi connectivity index (χ0n) is 7.87. The average Bonchev–Trinajstić information content (AvgIpc) is 2.20. The highest BCUT2D eigenvalue weighted by Gasteiger charge is 2.11. The van der Waals surface area contributed by atoms with Crippen LogP contribution in [0.15, 0.2) is 10.7 Å². The van der Waals surface area contributed by atoms with Crippen LogP contribution in [0.1, 0.15) is 17.5 Å². The molecule has 0 spiro atoms. The molecule has 0 unspecified atom stereocenters. The van der Waals surface area contributed by atoms with E-state index in [1.807, 2.05) is 6.92 Å². The molecule has 0 aliphatic heterocycles. The zero-order chi connectivity index (χ0) is 10.6. The number of esters is 1. The molecular formula is C8H10BrN3O2.